The summed E-state index contributed by atoms with van der Waals surface area (Å²) in [5.41, 5.74) is 13.6. The Morgan fingerprint density at radius 3 is 2.00 bits per heavy atom. The molecule has 0 bridgehead atoms. The number of hydrogen-bond donors (Lipinski definition) is 2. The number of nitrogen functional groups attached to an aromatic ring is 1. The number of nitrogens with two attached hydrogens (primary N) is 2. The van der Waals surface area contributed by atoms with Gasteiger partial charge < -0.3 is 11.5 Å². The SMILES string of the molecule is Cc1nc(N)nc(C)c1CN. The third-order valence-corrected chi connectivity index (χ3v) is 1.64. The van der Waals surface area contributed by atoms with E-state index in [1.165, 1.54) is 0 Å². The van der Waals surface area contributed by atoms with Crippen molar-refractivity contribution in [2.24, 2.45) is 5.73 Å². The molecule has 0 saturated heterocycles. The predicted molar refractivity (Wildman–Crippen MR) is 43.8 cm³/mol. The molecule has 1 heterocycles. The Hall–Kier alpha value is -1.16. The summed E-state index contributed by atoms with van der Waals surface area (Å²) >= 11 is 0. The van der Waals surface area contributed by atoms with Gasteiger partial charge in [0.2, 0.25) is 5.95 Å². The van der Waals surface area contributed by atoms with Gasteiger partial charge in [-0.25, -0.2) is 9.97 Å². The van der Waals surface area contributed by atoms with Crippen LogP contribution in [0.2, 0.25) is 0 Å². The van der Waals surface area contributed by atoms with Crippen LogP contribution in [0.25, 0.3) is 0 Å². The fourth-order valence-corrected chi connectivity index (χ4v) is 1.06. The average Bonchev–Trinajstić information content (AvgIpc) is 1.85. The van der Waals surface area contributed by atoms with E-state index in [1.807, 2.05) is 13.8 Å². The van der Waals surface area contributed by atoms with Crippen LogP contribution in [0.4, 0.5) is 5.95 Å². The van der Waals surface area contributed by atoms with Crippen LogP contribution < -0.4 is 11.5 Å². The third-order valence-electron chi connectivity index (χ3n) is 1.64. The maximum Gasteiger partial charge on any atom is 0.220 e. The van der Waals surface area contributed by atoms with Gasteiger partial charge in [-0.15, -0.1) is 0 Å². The van der Waals surface area contributed by atoms with E-state index in [-0.39, 0.29) is 0 Å². The van der Waals surface area contributed by atoms with Gasteiger partial charge >= 0.3 is 0 Å². The number of rotatable bonds is 1. The first kappa shape index (κ1) is 7.94. The fraction of sp³-hybridized carbons (Fsp3) is 0.429. The standard InChI is InChI=1S/C7H12N4/c1-4-6(3-8)5(2)11-7(9)10-4/h3,8H2,1-2H3,(H2,9,10,11). The summed E-state index contributed by atoms with van der Waals surface area (Å²) in [6.45, 7) is 4.23. The average molecular weight is 152 g/mol. The molecule has 0 amide bonds. The Morgan fingerprint density at radius 1 is 1.18 bits per heavy atom. The molecule has 1 aromatic heterocycles. The quantitative estimate of drug-likeness (QED) is 0.599. The smallest absolute Gasteiger partial charge is 0.220 e. The first-order valence-electron chi connectivity index (χ1n) is 3.44. The minimum atomic E-state index is 0.317. The van der Waals surface area contributed by atoms with Crippen molar-refractivity contribution >= 4 is 5.95 Å². The molecule has 1 rings (SSSR count). The molecule has 11 heavy (non-hydrogen) atoms. The van der Waals surface area contributed by atoms with Crippen molar-refractivity contribution in [3.8, 4) is 0 Å². The molecule has 0 aliphatic rings. The number of aromatic nitrogens is 2. The molecule has 0 radical (unpaired) electrons. The Bertz CT molecular complexity index is 246. The van der Waals surface area contributed by atoms with E-state index in [0.717, 1.165) is 17.0 Å². The number of aryl methyl sites for hydroxylation is 2. The molecule has 4 N–H and O–H groups in total. The van der Waals surface area contributed by atoms with Crippen LogP contribution in [0.3, 0.4) is 0 Å². The third kappa shape index (κ3) is 1.46. The molecule has 0 aliphatic carbocycles. The summed E-state index contributed by atoms with van der Waals surface area (Å²) in [7, 11) is 0. The summed E-state index contributed by atoms with van der Waals surface area (Å²) in [5, 5.41) is 0. The van der Waals surface area contributed by atoms with Crippen LogP contribution >= 0.6 is 0 Å². The first-order chi connectivity index (χ1) is 5.15. The summed E-state index contributed by atoms with van der Waals surface area (Å²) in [4.78, 5) is 7.98. The zero-order chi connectivity index (χ0) is 8.43. The predicted octanol–water partition coefficient (Wildman–Crippen LogP) is 0.134. The fourth-order valence-electron chi connectivity index (χ4n) is 1.06. The van der Waals surface area contributed by atoms with E-state index in [1.54, 1.807) is 0 Å². The van der Waals surface area contributed by atoms with Gasteiger partial charge in [0.25, 0.3) is 0 Å². The van der Waals surface area contributed by atoms with Crippen molar-refractivity contribution in [1.82, 2.24) is 9.97 Å². The second-order valence-electron chi connectivity index (χ2n) is 2.44. The molecule has 0 aromatic carbocycles. The minimum absolute atomic E-state index is 0.317. The lowest BCUT2D eigenvalue weighted by atomic mass is 10.2. The normalized spacial score (nSPS) is 10.1. The highest BCUT2D eigenvalue weighted by atomic mass is 15.0. The van der Waals surface area contributed by atoms with Gasteiger partial charge in [0.15, 0.2) is 0 Å². The van der Waals surface area contributed by atoms with E-state index in [4.69, 9.17) is 11.5 Å². The van der Waals surface area contributed by atoms with E-state index in [0.29, 0.717) is 12.5 Å². The monoisotopic (exact) mass is 152 g/mol. The molecule has 4 nitrogen and oxygen atoms in total. The van der Waals surface area contributed by atoms with Gasteiger partial charge in [-0.1, -0.05) is 0 Å². The lowest BCUT2D eigenvalue weighted by Crippen LogP contribution is -2.08. The Kier molecular flexibility index (Phi) is 2.05. The van der Waals surface area contributed by atoms with Crippen molar-refractivity contribution < 1.29 is 0 Å². The number of hydrogen-bond acceptors (Lipinski definition) is 4. The maximum atomic E-state index is 5.48. The Labute approximate surface area is 65.6 Å². The second kappa shape index (κ2) is 2.84. The van der Waals surface area contributed by atoms with Crippen LogP contribution in [-0.2, 0) is 6.54 Å². The topological polar surface area (TPSA) is 77.8 Å². The van der Waals surface area contributed by atoms with E-state index < -0.39 is 0 Å². The van der Waals surface area contributed by atoms with Crippen molar-refractivity contribution in [1.29, 1.82) is 0 Å². The highest BCUT2D eigenvalue weighted by Gasteiger charge is 2.03. The minimum Gasteiger partial charge on any atom is -0.368 e. The van der Waals surface area contributed by atoms with Crippen LogP contribution in [0.15, 0.2) is 0 Å². The number of nitrogens with zero attached hydrogens (tertiary/aromatic N) is 2. The zero-order valence-electron chi connectivity index (χ0n) is 6.76. The van der Waals surface area contributed by atoms with Gasteiger partial charge in [0.1, 0.15) is 0 Å². The highest BCUT2D eigenvalue weighted by Crippen LogP contribution is 2.09. The number of anilines is 1. The van der Waals surface area contributed by atoms with Gasteiger partial charge in [0, 0.05) is 23.5 Å². The molecular formula is C7H12N4. The second-order valence-corrected chi connectivity index (χ2v) is 2.44. The molecular weight excluding hydrogens is 140 g/mol. The summed E-state index contributed by atoms with van der Waals surface area (Å²) in [6.07, 6.45) is 0. The van der Waals surface area contributed by atoms with Crippen molar-refractivity contribution in [2.45, 2.75) is 20.4 Å². The molecule has 0 spiro atoms. The van der Waals surface area contributed by atoms with Gasteiger partial charge in [-0.05, 0) is 13.8 Å². The van der Waals surface area contributed by atoms with Crippen molar-refractivity contribution in [2.75, 3.05) is 5.73 Å². The molecule has 4 heteroatoms. The van der Waals surface area contributed by atoms with Crippen LogP contribution in [0.5, 0.6) is 0 Å². The summed E-state index contributed by atoms with van der Waals surface area (Å²) < 4.78 is 0. The van der Waals surface area contributed by atoms with Crippen molar-refractivity contribution in [3.63, 3.8) is 0 Å². The van der Waals surface area contributed by atoms with Gasteiger partial charge in [-0.2, -0.15) is 0 Å². The van der Waals surface area contributed by atoms with Crippen LogP contribution in [0, 0.1) is 13.8 Å². The summed E-state index contributed by atoms with van der Waals surface area (Å²) in [6, 6.07) is 0. The molecule has 0 fully saturated rings. The Balaban J connectivity index is 3.25. The molecule has 0 unspecified atom stereocenters. The molecule has 1 aromatic rings. The van der Waals surface area contributed by atoms with E-state index >= 15 is 0 Å². The van der Waals surface area contributed by atoms with Crippen molar-refractivity contribution in [3.05, 3.63) is 17.0 Å². The first-order valence-corrected chi connectivity index (χ1v) is 3.44. The largest absolute Gasteiger partial charge is 0.368 e. The Morgan fingerprint density at radius 2 is 1.64 bits per heavy atom. The lowest BCUT2D eigenvalue weighted by molar-refractivity contribution is 0.942. The van der Waals surface area contributed by atoms with E-state index in [2.05, 4.69) is 9.97 Å². The highest BCUT2D eigenvalue weighted by molar-refractivity contribution is 5.30. The van der Waals surface area contributed by atoms with Crippen LogP contribution in [0.1, 0.15) is 17.0 Å². The lowest BCUT2D eigenvalue weighted by Gasteiger charge is -2.05. The van der Waals surface area contributed by atoms with Gasteiger partial charge in [0.05, 0.1) is 0 Å². The van der Waals surface area contributed by atoms with E-state index in [9.17, 15) is 0 Å². The summed E-state index contributed by atoms with van der Waals surface area (Å²) in [5.74, 6) is 0.317. The molecule has 0 saturated carbocycles. The molecule has 0 aliphatic heterocycles. The molecule has 60 valence electrons. The maximum absolute atomic E-state index is 5.48. The molecule has 0 atom stereocenters. The van der Waals surface area contributed by atoms with Gasteiger partial charge in [-0.3, -0.25) is 0 Å². The van der Waals surface area contributed by atoms with Crippen LogP contribution in [-0.4, -0.2) is 9.97 Å². The zero-order valence-corrected chi connectivity index (χ0v) is 6.76.